The summed E-state index contributed by atoms with van der Waals surface area (Å²) in [6.07, 6.45) is 1.43. The number of hydrogen-bond acceptors (Lipinski definition) is 6. The fourth-order valence-corrected chi connectivity index (χ4v) is 4.03. The molecule has 0 aliphatic carbocycles. The van der Waals surface area contributed by atoms with Crippen molar-refractivity contribution in [3.05, 3.63) is 69.6 Å². The maximum Gasteiger partial charge on any atom is 0.269 e. The molecule has 8 nitrogen and oxygen atoms in total. The Bertz CT molecular complexity index is 1330. The van der Waals surface area contributed by atoms with E-state index in [-0.39, 0.29) is 17.2 Å². The quantitative estimate of drug-likeness (QED) is 0.310. The van der Waals surface area contributed by atoms with Gasteiger partial charge in [0.25, 0.3) is 5.56 Å². The molecule has 1 amide bonds. The van der Waals surface area contributed by atoms with E-state index in [0.29, 0.717) is 39.2 Å². The molecule has 2 heterocycles. The Hall–Kier alpha value is -3.30. The van der Waals surface area contributed by atoms with Crippen molar-refractivity contribution < 1.29 is 9.53 Å². The van der Waals surface area contributed by atoms with Crippen molar-refractivity contribution in [1.29, 1.82) is 0 Å². The van der Waals surface area contributed by atoms with Gasteiger partial charge in [0.1, 0.15) is 11.1 Å². The molecule has 0 radical (unpaired) electrons. The van der Waals surface area contributed by atoms with Gasteiger partial charge in [0, 0.05) is 10.7 Å². The molecule has 0 unspecified atom stereocenters. The molecule has 2 N–H and O–H groups in total. The minimum absolute atomic E-state index is 0.0545. The number of carbonyl (C=O) groups excluding carboxylic acids is 1. The molecule has 10 heteroatoms. The molecule has 0 bridgehead atoms. The van der Waals surface area contributed by atoms with Gasteiger partial charge in [-0.25, -0.2) is 4.98 Å². The topological polar surface area (TPSA) is 102 Å². The number of nitrogens with zero attached hydrogens (tertiary/aromatic N) is 3. The van der Waals surface area contributed by atoms with Crippen LogP contribution in [0.2, 0.25) is 5.02 Å². The number of halogens is 1. The van der Waals surface area contributed by atoms with Crippen molar-refractivity contribution in [2.24, 2.45) is 0 Å². The van der Waals surface area contributed by atoms with Crippen molar-refractivity contribution >= 4 is 46.0 Å². The zero-order valence-corrected chi connectivity index (χ0v) is 19.0. The van der Waals surface area contributed by atoms with Gasteiger partial charge in [-0.15, -0.1) is 0 Å². The van der Waals surface area contributed by atoms with Crippen LogP contribution in [0, 0.1) is 6.92 Å². The minimum atomic E-state index is -0.293. The van der Waals surface area contributed by atoms with E-state index in [1.807, 2.05) is 19.9 Å². The van der Waals surface area contributed by atoms with Gasteiger partial charge in [-0.3, -0.25) is 19.3 Å². The Morgan fingerprint density at radius 2 is 2.03 bits per heavy atom. The highest BCUT2D eigenvalue weighted by atomic mass is 35.5. The number of amides is 1. The van der Waals surface area contributed by atoms with Crippen LogP contribution in [-0.4, -0.2) is 38.0 Å². The van der Waals surface area contributed by atoms with E-state index in [9.17, 15) is 9.59 Å². The van der Waals surface area contributed by atoms with E-state index in [0.717, 1.165) is 23.1 Å². The number of nitrogens with one attached hydrogen (secondary N) is 2. The third-order valence-corrected chi connectivity index (χ3v) is 5.99. The monoisotopic (exact) mass is 469 g/mol. The van der Waals surface area contributed by atoms with E-state index in [1.54, 1.807) is 36.4 Å². The number of rotatable bonds is 7. The lowest BCUT2D eigenvalue weighted by Gasteiger charge is -2.13. The third-order valence-electron chi connectivity index (χ3n) is 4.65. The lowest BCUT2D eigenvalue weighted by Crippen LogP contribution is -2.22. The molecule has 0 fully saturated rings. The lowest BCUT2D eigenvalue weighted by atomic mass is 10.2. The summed E-state index contributed by atoms with van der Waals surface area (Å²) in [5.41, 5.74) is 2.18. The molecule has 2 aromatic heterocycles. The zero-order chi connectivity index (χ0) is 22.7. The Morgan fingerprint density at radius 1 is 1.25 bits per heavy atom. The fourth-order valence-electron chi connectivity index (χ4n) is 3.05. The molecule has 32 heavy (non-hydrogen) atoms. The van der Waals surface area contributed by atoms with Crippen LogP contribution in [0.3, 0.4) is 0 Å². The molecule has 0 aliphatic heterocycles. The van der Waals surface area contributed by atoms with Crippen LogP contribution in [0.1, 0.15) is 12.5 Å². The van der Waals surface area contributed by atoms with Gasteiger partial charge >= 0.3 is 0 Å². The standard InChI is InChI=1S/C22H20ClN5O3S/c1-3-31-16-8-5-14(6-9-16)25-19(29)12-32-22-26-20-17(11-24-27-20)21(30)28(22)15-7-4-13(2)18(23)10-15/h4-11H,3,12H2,1-2H3,(H,24,27)(H,25,29). The van der Waals surface area contributed by atoms with Gasteiger partial charge < -0.3 is 10.1 Å². The smallest absolute Gasteiger partial charge is 0.269 e. The normalized spacial score (nSPS) is 11.0. The van der Waals surface area contributed by atoms with Crippen LogP contribution in [0.5, 0.6) is 5.75 Å². The molecule has 0 atom stereocenters. The van der Waals surface area contributed by atoms with Gasteiger partial charge in [-0.05, 0) is 55.8 Å². The second-order valence-corrected chi connectivity index (χ2v) is 8.24. The predicted molar refractivity (Wildman–Crippen MR) is 126 cm³/mol. The number of thioether (sulfide) groups is 1. The molecular formula is C22H20ClN5O3S. The van der Waals surface area contributed by atoms with Crippen LogP contribution >= 0.6 is 23.4 Å². The van der Waals surface area contributed by atoms with Crippen LogP contribution < -0.4 is 15.6 Å². The van der Waals surface area contributed by atoms with Crippen LogP contribution in [0.25, 0.3) is 16.7 Å². The number of ether oxygens (including phenoxy) is 1. The molecule has 4 aromatic rings. The first-order valence-electron chi connectivity index (χ1n) is 9.84. The Balaban J connectivity index is 1.58. The minimum Gasteiger partial charge on any atom is -0.494 e. The number of aromatic nitrogens is 4. The second kappa shape index (κ2) is 9.46. The fraction of sp³-hybridized carbons (Fsp3) is 0.182. The van der Waals surface area contributed by atoms with Crippen LogP contribution in [0.15, 0.2) is 58.6 Å². The maximum absolute atomic E-state index is 13.1. The summed E-state index contributed by atoms with van der Waals surface area (Å²) in [5.74, 6) is 0.558. The van der Waals surface area contributed by atoms with E-state index in [1.165, 1.54) is 10.8 Å². The maximum atomic E-state index is 13.1. The number of anilines is 1. The first-order chi connectivity index (χ1) is 15.5. The van der Waals surface area contributed by atoms with Crippen molar-refractivity contribution in [3.63, 3.8) is 0 Å². The number of benzene rings is 2. The van der Waals surface area contributed by atoms with Gasteiger partial charge in [-0.2, -0.15) is 5.10 Å². The average molecular weight is 470 g/mol. The Labute approximate surface area is 193 Å². The molecule has 4 rings (SSSR count). The summed E-state index contributed by atoms with van der Waals surface area (Å²) in [4.78, 5) is 30.1. The summed E-state index contributed by atoms with van der Waals surface area (Å²) >= 11 is 7.43. The summed E-state index contributed by atoms with van der Waals surface area (Å²) in [5, 5.41) is 10.7. The van der Waals surface area contributed by atoms with E-state index >= 15 is 0 Å². The first kappa shape index (κ1) is 21.9. The largest absolute Gasteiger partial charge is 0.494 e. The number of carbonyl (C=O) groups is 1. The zero-order valence-electron chi connectivity index (χ0n) is 17.4. The van der Waals surface area contributed by atoms with Gasteiger partial charge in [0.15, 0.2) is 10.8 Å². The molecule has 0 saturated heterocycles. The molecule has 2 aromatic carbocycles. The Morgan fingerprint density at radius 3 is 2.75 bits per heavy atom. The first-order valence-corrected chi connectivity index (χ1v) is 11.2. The molecule has 0 aliphatic rings. The molecule has 164 valence electrons. The highest BCUT2D eigenvalue weighted by Gasteiger charge is 2.16. The highest BCUT2D eigenvalue weighted by Crippen LogP contribution is 2.24. The van der Waals surface area contributed by atoms with Gasteiger partial charge in [0.05, 0.1) is 24.2 Å². The Kier molecular flexibility index (Phi) is 6.48. The van der Waals surface area contributed by atoms with E-state index in [4.69, 9.17) is 16.3 Å². The molecule has 0 saturated carbocycles. The van der Waals surface area contributed by atoms with Crippen LogP contribution in [-0.2, 0) is 4.79 Å². The summed E-state index contributed by atoms with van der Waals surface area (Å²) in [7, 11) is 0. The van der Waals surface area contributed by atoms with E-state index < -0.39 is 0 Å². The SMILES string of the molecule is CCOc1ccc(NC(=O)CSc2nc3[nH]ncc3c(=O)n2-c2ccc(C)c(Cl)c2)cc1. The number of H-pyrrole nitrogens is 1. The van der Waals surface area contributed by atoms with E-state index in [2.05, 4.69) is 20.5 Å². The molecular weight excluding hydrogens is 450 g/mol. The second-order valence-electron chi connectivity index (χ2n) is 6.89. The van der Waals surface area contributed by atoms with Crippen molar-refractivity contribution in [1.82, 2.24) is 19.7 Å². The highest BCUT2D eigenvalue weighted by molar-refractivity contribution is 7.99. The van der Waals surface area contributed by atoms with Crippen molar-refractivity contribution in [2.45, 2.75) is 19.0 Å². The van der Waals surface area contributed by atoms with Crippen LogP contribution in [0.4, 0.5) is 5.69 Å². The van der Waals surface area contributed by atoms with Crippen molar-refractivity contribution in [3.8, 4) is 11.4 Å². The average Bonchev–Trinajstić information content (AvgIpc) is 3.25. The number of fused-ring (bicyclic) bond motifs is 1. The number of aryl methyl sites for hydroxylation is 1. The number of hydrogen-bond donors (Lipinski definition) is 2. The van der Waals surface area contributed by atoms with Gasteiger partial charge in [0.2, 0.25) is 5.91 Å². The summed E-state index contributed by atoms with van der Waals surface area (Å²) in [6.45, 7) is 4.36. The predicted octanol–water partition coefficient (Wildman–Crippen LogP) is 4.20. The summed E-state index contributed by atoms with van der Waals surface area (Å²) < 4.78 is 6.85. The third kappa shape index (κ3) is 4.63. The lowest BCUT2D eigenvalue weighted by molar-refractivity contribution is -0.113. The number of aromatic amines is 1. The van der Waals surface area contributed by atoms with Crippen molar-refractivity contribution in [2.75, 3.05) is 17.7 Å². The molecule has 0 spiro atoms. The van der Waals surface area contributed by atoms with Gasteiger partial charge in [-0.1, -0.05) is 29.4 Å². The summed E-state index contributed by atoms with van der Waals surface area (Å²) in [6, 6.07) is 12.4.